The molecular formula is C21H27F3N4O2. The number of nitrogens with zero attached hydrogens (tertiary/aromatic N) is 3. The number of rotatable bonds is 7. The van der Waals surface area contributed by atoms with Crippen molar-refractivity contribution in [3.05, 3.63) is 41.3 Å². The van der Waals surface area contributed by atoms with Gasteiger partial charge in [-0.3, -0.25) is 4.79 Å². The largest absolute Gasteiger partial charge is 0.417 e. The molecule has 1 N–H and O–H groups in total. The predicted molar refractivity (Wildman–Crippen MR) is 106 cm³/mol. The van der Waals surface area contributed by atoms with Gasteiger partial charge in [0, 0.05) is 18.8 Å². The highest BCUT2D eigenvalue weighted by Crippen LogP contribution is 2.29. The van der Waals surface area contributed by atoms with E-state index in [9.17, 15) is 18.0 Å². The standard InChI is InChI=1S/C21H27F3N4O2/c1-13(2)19-17(20(29)27-14(3)6-8-16-5-4-10-30-16)12-26-28(19)18-9-7-15(11-25-18)21(22,23)24/h7,9,11-14,16H,4-6,8,10H2,1-3H3,(H,27,29). The van der Waals surface area contributed by atoms with E-state index in [1.165, 1.54) is 16.9 Å². The molecule has 1 aliphatic rings. The van der Waals surface area contributed by atoms with Gasteiger partial charge in [-0.1, -0.05) is 13.8 Å². The van der Waals surface area contributed by atoms with Gasteiger partial charge < -0.3 is 10.1 Å². The van der Waals surface area contributed by atoms with Gasteiger partial charge in [-0.05, 0) is 50.7 Å². The summed E-state index contributed by atoms with van der Waals surface area (Å²) >= 11 is 0. The van der Waals surface area contributed by atoms with Gasteiger partial charge in [-0.25, -0.2) is 9.67 Å². The molecule has 1 saturated heterocycles. The van der Waals surface area contributed by atoms with Crippen LogP contribution in [-0.2, 0) is 10.9 Å². The maximum Gasteiger partial charge on any atom is 0.417 e. The van der Waals surface area contributed by atoms with Crippen LogP contribution in [0.1, 0.15) is 74.0 Å². The number of hydrogen-bond donors (Lipinski definition) is 1. The fourth-order valence-corrected chi connectivity index (χ4v) is 3.63. The molecule has 0 aliphatic carbocycles. The minimum atomic E-state index is -4.46. The average molecular weight is 424 g/mol. The molecule has 1 aliphatic heterocycles. The van der Waals surface area contributed by atoms with Crippen molar-refractivity contribution in [3.63, 3.8) is 0 Å². The first kappa shape index (κ1) is 22.3. The maximum absolute atomic E-state index is 12.8. The molecule has 3 heterocycles. The minimum Gasteiger partial charge on any atom is -0.378 e. The summed E-state index contributed by atoms with van der Waals surface area (Å²) in [5, 5.41) is 7.22. The average Bonchev–Trinajstić information content (AvgIpc) is 3.35. The number of halogens is 3. The Hall–Kier alpha value is -2.42. The highest BCUT2D eigenvalue weighted by molar-refractivity contribution is 5.95. The predicted octanol–water partition coefficient (Wildman–Crippen LogP) is 4.49. The van der Waals surface area contributed by atoms with Gasteiger partial charge >= 0.3 is 6.18 Å². The lowest BCUT2D eigenvalue weighted by molar-refractivity contribution is -0.137. The van der Waals surface area contributed by atoms with E-state index in [-0.39, 0.29) is 29.8 Å². The molecule has 0 radical (unpaired) electrons. The molecular weight excluding hydrogens is 397 g/mol. The van der Waals surface area contributed by atoms with Crippen LogP contribution >= 0.6 is 0 Å². The number of carbonyl (C=O) groups is 1. The van der Waals surface area contributed by atoms with E-state index in [2.05, 4.69) is 15.4 Å². The summed E-state index contributed by atoms with van der Waals surface area (Å²) in [4.78, 5) is 16.7. The van der Waals surface area contributed by atoms with Gasteiger partial charge in [0.2, 0.25) is 0 Å². The molecule has 6 nitrogen and oxygen atoms in total. The van der Waals surface area contributed by atoms with Crippen molar-refractivity contribution in [3.8, 4) is 5.82 Å². The second-order valence-corrected chi connectivity index (χ2v) is 8.00. The number of pyridine rings is 1. The third-order valence-electron chi connectivity index (χ3n) is 5.21. The van der Waals surface area contributed by atoms with Crippen molar-refractivity contribution in [2.24, 2.45) is 0 Å². The molecule has 3 rings (SSSR count). The van der Waals surface area contributed by atoms with Gasteiger partial charge in [-0.15, -0.1) is 0 Å². The zero-order valence-electron chi connectivity index (χ0n) is 17.4. The van der Waals surface area contributed by atoms with E-state index < -0.39 is 11.7 Å². The molecule has 0 spiro atoms. The van der Waals surface area contributed by atoms with Crippen molar-refractivity contribution >= 4 is 5.91 Å². The summed E-state index contributed by atoms with van der Waals surface area (Å²) in [7, 11) is 0. The van der Waals surface area contributed by atoms with Gasteiger partial charge in [0.05, 0.1) is 29.1 Å². The van der Waals surface area contributed by atoms with Crippen LogP contribution in [0.4, 0.5) is 13.2 Å². The van der Waals surface area contributed by atoms with Crippen molar-refractivity contribution in [1.29, 1.82) is 0 Å². The van der Waals surface area contributed by atoms with Crippen LogP contribution in [0.5, 0.6) is 0 Å². The third-order valence-corrected chi connectivity index (χ3v) is 5.21. The Bertz CT molecular complexity index is 856. The summed E-state index contributed by atoms with van der Waals surface area (Å²) in [6, 6.07) is 2.18. The first-order valence-electron chi connectivity index (χ1n) is 10.2. The SMILES string of the molecule is CC(CCC1CCCO1)NC(=O)c1cnn(-c2ccc(C(F)(F)F)cn2)c1C(C)C. The Morgan fingerprint density at radius 3 is 2.63 bits per heavy atom. The number of nitrogens with one attached hydrogen (secondary N) is 1. The quantitative estimate of drug-likeness (QED) is 0.711. The fourth-order valence-electron chi connectivity index (χ4n) is 3.63. The Balaban J connectivity index is 1.74. The van der Waals surface area contributed by atoms with Crippen LogP contribution in [0, 0.1) is 0 Å². The first-order chi connectivity index (χ1) is 14.2. The molecule has 2 aromatic heterocycles. The monoisotopic (exact) mass is 424 g/mol. The number of hydrogen-bond acceptors (Lipinski definition) is 4. The van der Waals surface area contributed by atoms with Crippen molar-refractivity contribution in [2.45, 2.75) is 70.7 Å². The topological polar surface area (TPSA) is 69.0 Å². The normalized spacial score (nSPS) is 18.0. The van der Waals surface area contributed by atoms with Crippen molar-refractivity contribution < 1.29 is 22.7 Å². The van der Waals surface area contributed by atoms with E-state index in [1.807, 2.05) is 20.8 Å². The molecule has 0 saturated carbocycles. The van der Waals surface area contributed by atoms with Crippen LogP contribution in [0.25, 0.3) is 5.82 Å². The summed E-state index contributed by atoms with van der Waals surface area (Å²) in [5.41, 5.74) is 0.171. The van der Waals surface area contributed by atoms with Gasteiger partial charge in [0.15, 0.2) is 5.82 Å². The number of amides is 1. The lowest BCUT2D eigenvalue weighted by Crippen LogP contribution is -2.33. The Morgan fingerprint density at radius 2 is 2.07 bits per heavy atom. The van der Waals surface area contributed by atoms with E-state index >= 15 is 0 Å². The second-order valence-electron chi connectivity index (χ2n) is 8.00. The van der Waals surface area contributed by atoms with Crippen LogP contribution in [-0.4, -0.2) is 39.4 Å². The van der Waals surface area contributed by atoms with E-state index in [4.69, 9.17) is 4.74 Å². The van der Waals surface area contributed by atoms with E-state index in [0.717, 1.165) is 44.6 Å². The molecule has 2 aromatic rings. The zero-order valence-corrected chi connectivity index (χ0v) is 17.4. The molecule has 30 heavy (non-hydrogen) atoms. The van der Waals surface area contributed by atoms with Gasteiger partial charge in [0.1, 0.15) is 0 Å². The van der Waals surface area contributed by atoms with Crippen LogP contribution in [0.15, 0.2) is 24.5 Å². The van der Waals surface area contributed by atoms with Crippen LogP contribution in [0.3, 0.4) is 0 Å². The third kappa shape index (κ3) is 5.19. The van der Waals surface area contributed by atoms with E-state index in [0.29, 0.717) is 11.3 Å². The van der Waals surface area contributed by atoms with Crippen molar-refractivity contribution in [2.75, 3.05) is 6.61 Å². The lowest BCUT2D eigenvalue weighted by Gasteiger charge is -2.17. The van der Waals surface area contributed by atoms with Crippen molar-refractivity contribution in [1.82, 2.24) is 20.1 Å². The highest BCUT2D eigenvalue weighted by atomic mass is 19.4. The van der Waals surface area contributed by atoms with E-state index in [1.54, 1.807) is 0 Å². The molecule has 0 bridgehead atoms. The summed E-state index contributed by atoms with van der Waals surface area (Å²) < 4.78 is 45.4. The molecule has 9 heteroatoms. The summed E-state index contributed by atoms with van der Waals surface area (Å²) in [6.45, 7) is 6.55. The Kier molecular flexibility index (Phi) is 6.80. The fraction of sp³-hybridized carbons (Fsp3) is 0.571. The molecule has 2 unspecified atom stereocenters. The number of carbonyl (C=O) groups excluding carboxylic acids is 1. The zero-order chi connectivity index (χ0) is 21.9. The highest BCUT2D eigenvalue weighted by Gasteiger charge is 2.31. The minimum absolute atomic E-state index is 0.0331. The maximum atomic E-state index is 12.8. The Labute approximate surface area is 173 Å². The smallest absolute Gasteiger partial charge is 0.378 e. The summed E-state index contributed by atoms with van der Waals surface area (Å²) in [5.74, 6) is -0.103. The molecule has 0 aromatic carbocycles. The molecule has 1 fully saturated rings. The first-order valence-corrected chi connectivity index (χ1v) is 10.2. The number of ether oxygens (including phenoxy) is 1. The molecule has 1 amide bonds. The molecule has 2 atom stereocenters. The van der Waals surface area contributed by atoms with Gasteiger partial charge in [0.25, 0.3) is 5.91 Å². The molecule has 164 valence electrons. The Morgan fingerprint density at radius 1 is 1.30 bits per heavy atom. The summed E-state index contributed by atoms with van der Waals surface area (Å²) in [6.07, 6.45) is 1.87. The number of aromatic nitrogens is 3. The van der Waals surface area contributed by atoms with Crippen LogP contribution in [0.2, 0.25) is 0 Å². The second kappa shape index (κ2) is 9.16. The lowest BCUT2D eigenvalue weighted by atomic mass is 10.0. The number of alkyl halides is 3. The van der Waals surface area contributed by atoms with Gasteiger partial charge in [-0.2, -0.15) is 18.3 Å². The van der Waals surface area contributed by atoms with Crippen LogP contribution < -0.4 is 5.32 Å².